The topological polar surface area (TPSA) is 57.6 Å². The Morgan fingerprint density at radius 3 is 2.17 bits per heavy atom. The first-order chi connectivity index (χ1) is 11.1. The number of carbonyl (C=O) groups excluding carboxylic acids is 2. The summed E-state index contributed by atoms with van der Waals surface area (Å²) in [5, 5.41) is 10.4. The first kappa shape index (κ1) is 15.0. The number of aliphatic hydroxyl groups is 1. The van der Waals surface area contributed by atoms with Crippen molar-refractivity contribution in [2.45, 2.75) is 12.5 Å². The summed E-state index contributed by atoms with van der Waals surface area (Å²) >= 11 is 0. The number of Topliss-reactive ketones (excluding diaryl/α,β-unsaturated/α-hetero) is 1. The van der Waals surface area contributed by atoms with Gasteiger partial charge >= 0.3 is 0 Å². The Bertz CT molecular complexity index is 766. The highest BCUT2D eigenvalue weighted by atomic mass is 16.3. The molecule has 1 atom stereocenters. The summed E-state index contributed by atoms with van der Waals surface area (Å²) in [5.41, 5.74) is 1.32. The van der Waals surface area contributed by atoms with Crippen LogP contribution in [0.2, 0.25) is 0 Å². The van der Waals surface area contributed by atoms with Gasteiger partial charge in [-0.3, -0.25) is 9.59 Å². The van der Waals surface area contributed by atoms with Crippen LogP contribution in [0.3, 0.4) is 0 Å². The summed E-state index contributed by atoms with van der Waals surface area (Å²) < 4.78 is 0. The summed E-state index contributed by atoms with van der Waals surface area (Å²) in [6.07, 6.45) is 0.438. The lowest BCUT2D eigenvalue weighted by atomic mass is 9.99. The average Bonchev–Trinajstić information content (AvgIpc) is 2.80. The molecule has 0 aliphatic carbocycles. The Balaban J connectivity index is 1.95. The van der Waals surface area contributed by atoms with E-state index in [4.69, 9.17) is 0 Å². The van der Waals surface area contributed by atoms with E-state index in [0.29, 0.717) is 12.0 Å². The van der Waals surface area contributed by atoms with Crippen LogP contribution in [0, 0.1) is 0 Å². The molecule has 2 aromatic rings. The van der Waals surface area contributed by atoms with Gasteiger partial charge in [0.25, 0.3) is 5.91 Å². The van der Waals surface area contributed by atoms with Crippen LogP contribution in [-0.2, 0) is 16.0 Å². The van der Waals surface area contributed by atoms with E-state index < -0.39 is 11.9 Å². The monoisotopic (exact) mass is 307 g/mol. The van der Waals surface area contributed by atoms with Crippen LogP contribution in [0.5, 0.6) is 0 Å². The second kappa shape index (κ2) is 6.08. The van der Waals surface area contributed by atoms with Crippen molar-refractivity contribution in [1.29, 1.82) is 0 Å². The zero-order valence-electron chi connectivity index (χ0n) is 12.8. The highest BCUT2D eigenvalue weighted by Gasteiger charge is 2.43. The van der Waals surface area contributed by atoms with Gasteiger partial charge < -0.3 is 10.0 Å². The van der Waals surface area contributed by atoms with Gasteiger partial charge in [-0.2, -0.15) is 0 Å². The molecule has 3 rings (SSSR count). The lowest BCUT2D eigenvalue weighted by Gasteiger charge is -2.17. The molecule has 1 aliphatic rings. The molecule has 0 spiro atoms. The van der Waals surface area contributed by atoms with Crippen molar-refractivity contribution in [3.05, 3.63) is 77.4 Å². The second-order valence-corrected chi connectivity index (χ2v) is 5.58. The highest BCUT2D eigenvalue weighted by Crippen LogP contribution is 2.27. The van der Waals surface area contributed by atoms with Gasteiger partial charge in [0.15, 0.2) is 5.78 Å². The van der Waals surface area contributed by atoms with Gasteiger partial charge in [0.05, 0.1) is 6.04 Å². The molecule has 4 heteroatoms. The first-order valence-corrected chi connectivity index (χ1v) is 7.43. The Kier molecular flexibility index (Phi) is 3.98. The van der Waals surface area contributed by atoms with Crippen LogP contribution in [0.15, 0.2) is 66.2 Å². The number of rotatable bonds is 3. The third-order valence-electron chi connectivity index (χ3n) is 4.11. The zero-order valence-corrected chi connectivity index (χ0v) is 12.8. The Labute approximate surface area is 134 Å². The minimum absolute atomic E-state index is 0.125. The van der Waals surface area contributed by atoms with Crippen LogP contribution in [0.4, 0.5) is 0 Å². The Morgan fingerprint density at radius 2 is 1.57 bits per heavy atom. The number of ketones is 1. The molecular weight excluding hydrogens is 290 g/mol. The van der Waals surface area contributed by atoms with Crippen molar-refractivity contribution in [2.24, 2.45) is 0 Å². The maximum atomic E-state index is 12.7. The number of benzene rings is 2. The Hall–Kier alpha value is -2.88. The van der Waals surface area contributed by atoms with E-state index in [1.54, 1.807) is 31.3 Å². The van der Waals surface area contributed by atoms with Crippen LogP contribution in [0.1, 0.15) is 11.1 Å². The number of likely N-dealkylation sites (N-methyl/N-ethyl adjacent to an activating group) is 1. The van der Waals surface area contributed by atoms with Gasteiger partial charge in [-0.25, -0.2) is 0 Å². The molecule has 1 fully saturated rings. The minimum Gasteiger partial charge on any atom is -0.506 e. The van der Waals surface area contributed by atoms with Crippen LogP contribution >= 0.6 is 0 Å². The number of nitrogens with zero attached hydrogens (tertiary/aromatic N) is 1. The van der Waals surface area contributed by atoms with E-state index in [9.17, 15) is 14.7 Å². The van der Waals surface area contributed by atoms with Gasteiger partial charge in [-0.1, -0.05) is 60.7 Å². The summed E-state index contributed by atoms with van der Waals surface area (Å²) in [6.45, 7) is 0. The van der Waals surface area contributed by atoms with Gasteiger partial charge in [0.1, 0.15) is 11.3 Å². The van der Waals surface area contributed by atoms with Crippen LogP contribution in [-0.4, -0.2) is 34.8 Å². The van der Waals surface area contributed by atoms with Crippen molar-refractivity contribution in [3.8, 4) is 0 Å². The molecule has 2 aromatic carbocycles. The number of hydrogen-bond donors (Lipinski definition) is 1. The molecule has 0 saturated carbocycles. The maximum absolute atomic E-state index is 12.7. The van der Waals surface area contributed by atoms with Gasteiger partial charge in [0.2, 0.25) is 0 Å². The molecule has 1 saturated heterocycles. The molecule has 1 unspecified atom stereocenters. The predicted molar refractivity (Wildman–Crippen MR) is 87.7 cm³/mol. The van der Waals surface area contributed by atoms with Gasteiger partial charge in [-0.15, -0.1) is 0 Å². The van der Waals surface area contributed by atoms with E-state index in [1.165, 1.54) is 4.90 Å². The van der Waals surface area contributed by atoms with E-state index >= 15 is 0 Å². The van der Waals surface area contributed by atoms with E-state index in [2.05, 4.69) is 0 Å². The maximum Gasteiger partial charge on any atom is 0.261 e. The molecule has 0 radical (unpaired) electrons. The van der Waals surface area contributed by atoms with E-state index in [1.807, 2.05) is 36.4 Å². The van der Waals surface area contributed by atoms with Crippen molar-refractivity contribution in [3.63, 3.8) is 0 Å². The molecule has 0 aromatic heterocycles. The van der Waals surface area contributed by atoms with Crippen molar-refractivity contribution >= 4 is 17.4 Å². The second-order valence-electron chi connectivity index (χ2n) is 5.58. The van der Waals surface area contributed by atoms with Crippen LogP contribution < -0.4 is 0 Å². The van der Waals surface area contributed by atoms with Crippen molar-refractivity contribution in [1.82, 2.24) is 4.90 Å². The first-order valence-electron chi connectivity index (χ1n) is 7.43. The lowest BCUT2D eigenvalue weighted by Crippen LogP contribution is -2.33. The molecule has 23 heavy (non-hydrogen) atoms. The normalized spacial score (nSPS) is 20.0. The standard InChI is InChI=1S/C19H17NO3/c1-20-15(12-13-8-4-2-5-9-13)18(22)16(19(20)23)17(21)14-10-6-3-7-11-14/h2-11,15,21H,12H2,1H3/b17-16-. The van der Waals surface area contributed by atoms with Crippen LogP contribution in [0.25, 0.3) is 5.76 Å². The number of amides is 1. The third kappa shape index (κ3) is 2.75. The van der Waals surface area contributed by atoms with Crippen molar-refractivity contribution < 1.29 is 14.7 Å². The molecule has 4 nitrogen and oxygen atoms in total. The SMILES string of the molecule is CN1C(=O)/C(=C(\O)c2ccccc2)C(=O)C1Cc1ccccc1. The number of hydrogen-bond acceptors (Lipinski definition) is 3. The highest BCUT2D eigenvalue weighted by molar-refractivity contribution is 6.30. The third-order valence-corrected chi connectivity index (χ3v) is 4.11. The molecule has 1 N–H and O–H groups in total. The predicted octanol–water partition coefficient (Wildman–Crippen LogP) is 2.61. The molecular formula is C19H17NO3. The summed E-state index contributed by atoms with van der Waals surface area (Å²) in [4.78, 5) is 26.5. The fourth-order valence-electron chi connectivity index (χ4n) is 2.79. The zero-order chi connectivity index (χ0) is 16.4. The number of carbonyl (C=O) groups is 2. The van der Waals surface area contributed by atoms with E-state index in [-0.39, 0.29) is 17.1 Å². The average molecular weight is 307 g/mol. The Morgan fingerprint density at radius 1 is 1.00 bits per heavy atom. The lowest BCUT2D eigenvalue weighted by molar-refractivity contribution is -0.125. The molecule has 1 aliphatic heterocycles. The molecule has 1 amide bonds. The largest absolute Gasteiger partial charge is 0.506 e. The number of likely N-dealkylation sites (tertiary alicyclic amines) is 1. The van der Waals surface area contributed by atoms with E-state index in [0.717, 1.165) is 5.56 Å². The fraction of sp³-hybridized carbons (Fsp3) is 0.158. The fourth-order valence-corrected chi connectivity index (χ4v) is 2.79. The smallest absolute Gasteiger partial charge is 0.261 e. The van der Waals surface area contributed by atoms with Gasteiger partial charge in [0, 0.05) is 19.0 Å². The van der Waals surface area contributed by atoms with Crippen molar-refractivity contribution in [2.75, 3.05) is 7.05 Å². The molecule has 116 valence electrons. The van der Waals surface area contributed by atoms with Gasteiger partial charge in [-0.05, 0) is 5.56 Å². The number of aliphatic hydroxyl groups excluding tert-OH is 1. The molecule has 1 heterocycles. The quantitative estimate of drug-likeness (QED) is 0.539. The minimum atomic E-state index is -0.578. The summed E-state index contributed by atoms with van der Waals surface area (Å²) in [5.74, 6) is -1.01. The molecule has 0 bridgehead atoms. The summed E-state index contributed by atoms with van der Waals surface area (Å²) in [7, 11) is 1.60. The summed E-state index contributed by atoms with van der Waals surface area (Å²) in [6, 6.07) is 17.6.